The lowest BCUT2D eigenvalue weighted by Crippen LogP contribution is -2.24. The molecular formula is C16H18BrN3O2. The zero-order valence-corrected chi connectivity index (χ0v) is 13.7. The first-order valence-corrected chi connectivity index (χ1v) is 7.86. The van der Waals surface area contributed by atoms with E-state index in [1.54, 1.807) is 12.1 Å². The maximum atomic E-state index is 11.9. The molecule has 1 aromatic heterocycles. The number of benzene rings is 1. The molecule has 0 spiro atoms. The number of aromatic nitrogens is 1. The first-order valence-electron chi connectivity index (χ1n) is 7.07. The third-order valence-corrected chi connectivity index (χ3v) is 3.43. The van der Waals surface area contributed by atoms with Crippen molar-refractivity contribution in [1.82, 2.24) is 10.3 Å². The van der Waals surface area contributed by atoms with Gasteiger partial charge in [0.15, 0.2) is 0 Å². The highest BCUT2D eigenvalue weighted by Crippen LogP contribution is 2.22. The first kappa shape index (κ1) is 16.5. The highest BCUT2D eigenvalue weighted by molar-refractivity contribution is 9.10. The fraction of sp³-hybridized carbons (Fsp3) is 0.250. The second kappa shape index (κ2) is 8.51. The molecule has 0 bridgehead atoms. The van der Waals surface area contributed by atoms with E-state index in [2.05, 4.69) is 26.2 Å². The van der Waals surface area contributed by atoms with Crippen LogP contribution in [0.3, 0.4) is 0 Å². The Bertz CT molecular complexity index is 617. The summed E-state index contributed by atoms with van der Waals surface area (Å²) in [6, 6.07) is 10.8. The Morgan fingerprint density at radius 3 is 2.82 bits per heavy atom. The van der Waals surface area contributed by atoms with E-state index in [4.69, 9.17) is 10.5 Å². The number of carbonyl (C=O) groups is 1. The molecule has 0 aliphatic rings. The van der Waals surface area contributed by atoms with Gasteiger partial charge in [0.1, 0.15) is 5.75 Å². The molecule has 1 aromatic carbocycles. The van der Waals surface area contributed by atoms with Crippen molar-refractivity contribution in [3.63, 3.8) is 0 Å². The number of pyridine rings is 1. The third kappa shape index (κ3) is 5.13. The van der Waals surface area contributed by atoms with E-state index in [1.807, 2.05) is 24.3 Å². The minimum absolute atomic E-state index is 0.140. The summed E-state index contributed by atoms with van der Waals surface area (Å²) < 4.78 is 6.55. The number of hydrogen-bond acceptors (Lipinski definition) is 4. The molecule has 0 aliphatic heterocycles. The van der Waals surface area contributed by atoms with Crippen molar-refractivity contribution < 1.29 is 9.53 Å². The highest BCUT2D eigenvalue weighted by atomic mass is 79.9. The monoisotopic (exact) mass is 363 g/mol. The van der Waals surface area contributed by atoms with E-state index in [-0.39, 0.29) is 5.91 Å². The summed E-state index contributed by atoms with van der Waals surface area (Å²) in [6.45, 7) is 1.26. The van der Waals surface area contributed by atoms with Gasteiger partial charge in [-0.05, 0) is 43.7 Å². The van der Waals surface area contributed by atoms with Crippen LogP contribution in [0, 0.1) is 0 Å². The highest BCUT2D eigenvalue weighted by Gasteiger charge is 2.06. The molecule has 3 N–H and O–H groups in total. The van der Waals surface area contributed by atoms with E-state index in [9.17, 15) is 4.79 Å². The van der Waals surface area contributed by atoms with Crippen molar-refractivity contribution in [2.24, 2.45) is 5.73 Å². The lowest BCUT2D eigenvalue weighted by molar-refractivity contribution is 0.0952. The maximum Gasteiger partial charge on any atom is 0.252 e. The zero-order valence-electron chi connectivity index (χ0n) is 12.1. The summed E-state index contributed by atoms with van der Waals surface area (Å²) in [4.78, 5) is 16.0. The molecule has 0 radical (unpaired) electrons. The van der Waals surface area contributed by atoms with Gasteiger partial charge in [0.05, 0.1) is 5.56 Å². The Labute approximate surface area is 138 Å². The lowest BCUT2D eigenvalue weighted by Gasteiger charge is -2.07. The topological polar surface area (TPSA) is 77.2 Å². The van der Waals surface area contributed by atoms with Gasteiger partial charge in [0.25, 0.3) is 5.91 Å². The largest absolute Gasteiger partial charge is 0.439 e. The van der Waals surface area contributed by atoms with Gasteiger partial charge in [0, 0.05) is 23.3 Å². The van der Waals surface area contributed by atoms with Crippen molar-refractivity contribution in [3.05, 3.63) is 52.6 Å². The van der Waals surface area contributed by atoms with Crippen LogP contribution < -0.4 is 15.8 Å². The smallest absolute Gasteiger partial charge is 0.252 e. The summed E-state index contributed by atoms with van der Waals surface area (Å²) in [5.74, 6) is 0.983. The second-order valence-electron chi connectivity index (χ2n) is 4.70. The fourth-order valence-electron chi connectivity index (χ4n) is 1.80. The average molecular weight is 364 g/mol. The van der Waals surface area contributed by atoms with Gasteiger partial charge in [-0.15, -0.1) is 0 Å². The number of ether oxygens (including phenoxy) is 1. The standard InChI is InChI=1S/C16H18BrN3O2/c17-13-4-3-5-14(10-13)22-15-7-6-12(11-20-15)16(21)19-9-2-1-8-18/h3-7,10-11H,1-2,8-9,18H2,(H,19,21). The minimum Gasteiger partial charge on any atom is -0.439 e. The third-order valence-electron chi connectivity index (χ3n) is 2.93. The normalized spacial score (nSPS) is 10.3. The Balaban J connectivity index is 1.91. The van der Waals surface area contributed by atoms with Crippen LogP contribution in [0.5, 0.6) is 11.6 Å². The van der Waals surface area contributed by atoms with Crippen LogP contribution in [0.4, 0.5) is 0 Å². The molecule has 116 valence electrons. The summed E-state index contributed by atoms with van der Waals surface area (Å²) in [5, 5.41) is 2.83. The van der Waals surface area contributed by atoms with Crippen LogP contribution in [-0.4, -0.2) is 24.0 Å². The first-order chi connectivity index (χ1) is 10.7. The van der Waals surface area contributed by atoms with Crippen molar-refractivity contribution in [2.45, 2.75) is 12.8 Å². The van der Waals surface area contributed by atoms with Gasteiger partial charge in [-0.2, -0.15) is 0 Å². The van der Waals surface area contributed by atoms with Gasteiger partial charge < -0.3 is 15.8 Å². The number of nitrogens with one attached hydrogen (secondary N) is 1. The lowest BCUT2D eigenvalue weighted by atomic mass is 10.2. The number of halogens is 1. The summed E-state index contributed by atoms with van der Waals surface area (Å²) in [5.41, 5.74) is 5.91. The molecule has 1 heterocycles. The molecule has 5 nitrogen and oxygen atoms in total. The Kier molecular flexibility index (Phi) is 6.36. The van der Waals surface area contributed by atoms with Gasteiger partial charge in [-0.3, -0.25) is 4.79 Å². The van der Waals surface area contributed by atoms with E-state index in [1.165, 1.54) is 6.20 Å². The minimum atomic E-state index is -0.140. The molecule has 0 aliphatic carbocycles. The fourth-order valence-corrected chi connectivity index (χ4v) is 2.18. The van der Waals surface area contributed by atoms with Crippen LogP contribution in [0.25, 0.3) is 0 Å². The van der Waals surface area contributed by atoms with E-state index >= 15 is 0 Å². The van der Waals surface area contributed by atoms with Crippen LogP contribution >= 0.6 is 15.9 Å². The summed E-state index contributed by atoms with van der Waals surface area (Å²) in [7, 11) is 0. The van der Waals surface area contributed by atoms with Gasteiger partial charge in [0.2, 0.25) is 5.88 Å². The molecule has 0 unspecified atom stereocenters. The van der Waals surface area contributed by atoms with Gasteiger partial charge >= 0.3 is 0 Å². The summed E-state index contributed by atoms with van der Waals surface area (Å²) >= 11 is 3.38. The van der Waals surface area contributed by atoms with Gasteiger partial charge in [-0.25, -0.2) is 4.98 Å². The Morgan fingerprint density at radius 2 is 2.14 bits per heavy atom. The van der Waals surface area contributed by atoms with Crippen molar-refractivity contribution >= 4 is 21.8 Å². The zero-order chi connectivity index (χ0) is 15.8. The van der Waals surface area contributed by atoms with E-state index < -0.39 is 0 Å². The second-order valence-corrected chi connectivity index (χ2v) is 5.61. The average Bonchev–Trinajstić information content (AvgIpc) is 2.52. The molecule has 2 rings (SSSR count). The van der Waals surface area contributed by atoms with Crippen molar-refractivity contribution in [1.29, 1.82) is 0 Å². The maximum absolute atomic E-state index is 11.9. The molecule has 2 aromatic rings. The molecule has 0 saturated heterocycles. The number of carbonyl (C=O) groups excluding carboxylic acids is 1. The SMILES string of the molecule is NCCCCNC(=O)c1ccc(Oc2cccc(Br)c2)nc1. The number of rotatable bonds is 7. The van der Waals surface area contributed by atoms with Crippen molar-refractivity contribution in [2.75, 3.05) is 13.1 Å². The number of nitrogens with two attached hydrogens (primary N) is 1. The molecule has 0 saturated carbocycles. The predicted molar refractivity (Wildman–Crippen MR) is 89.1 cm³/mol. The molecule has 1 amide bonds. The van der Waals surface area contributed by atoms with Crippen molar-refractivity contribution in [3.8, 4) is 11.6 Å². The number of hydrogen-bond donors (Lipinski definition) is 2. The molecule has 6 heteroatoms. The van der Waals surface area contributed by atoms with Gasteiger partial charge in [-0.1, -0.05) is 22.0 Å². The number of unbranched alkanes of at least 4 members (excludes halogenated alkanes) is 1. The summed E-state index contributed by atoms with van der Waals surface area (Å²) in [6.07, 6.45) is 3.28. The molecule has 0 fully saturated rings. The quantitative estimate of drug-likeness (QED) is 0.740. The predicted octanol–water partition coefficient (Wildman–Crippen LogP) is 3.11. The van der Waals surface area contributed by atoms with Crippen LogP contribution in [0.2, 0.25) is 0 Å². The molecular weight excluding hydrogens is 346 g/mol. The Morgan fingerprint density at radius 1 is 1.27 bits per heavy atom. The van der Waals surface area contributed by atoms with Crippen LogP contribution in [0.15, 0.2) is 47.1 Å². The Hall–Kier alpha value is -1.92. The van der Waals surface area contributed by atoms with E-state index in [0.717, 1.165) is 17.3 Å². The van der Waals surface area contributed by atoms with Crippen LogP contribution in [-0.2, 0) is 0 Å². The molecule has 22 heavy (non-hydrogen) atoms. The number of nitrogens with zero attached hydrogens (tertiary/aromatic N) is 1. The van der Waals surface area contributed by atoms with Crippen LogP contribution in [0.1, 0.15) is 23.2 Å². The van der Waals surface area contributed by atoms with E-state index in [0.29, 0.717) is 30.3 Å². The number of amides is 1. The molecule has 0 atom stereocenters.